The highest BCUT2D eigenvalue weighted by molar-refractivity contribution is 5.67. The second-order valence-corrected chi connectivity index (χ2v) is 9.26. The summed E-state index contributed by atoms with van der Waals surface area (Å²) in [6.07, 6.45) is -0.901. The van der Waals surface area contributed by atoms with Crippen molar-refractivity contribution in [3.05, 3.63) is 71.3 Å². The SMILES string of the molecule is CC(C)CCC(c1ccccc1)N1CCC(CC(=O)O)CC1c1ccc(C(F)(F)F)cc1. The van der Waals surface area contributed by atoms with Gasteiger partial charge in [0.25, 0.3) is 0 Å². The molecule has 1 N–H and O–H groups in total. The quantitative estimate of drug-likeness (QED) is 0.469. The lowest BCUT2D eigenvalue weighted by Crippen LogP contribution is -2.40. The second-order valence-electron chi connectivity index (χ2n) is 9.26. The Morgan fingerprint density at radius 1 is 1.06 bits per heavy atom. The first-order valence-corrected chi connectivity index (χ1v) is 11.3. The van der Waals surface area contributed by atoms with Crippen molar-refractivity contribution in [2.75, 3.05) is 6.54 Å². The van der Waals surface area contributed by atoms with Gasteiger partial charge in [-0.15, -0.1) is 0 Å². The van der Waals surface area contributed by atoms with E-state index in [1.54, 1.807) is 12.1 Å². The summed E-state index contributed by atoms with van der Waals surface area (Å²) in [5.41, 5.74) is 1.35. The molecule has 1 aliphatic rings. The topological polar surface area (TPSA) is 40.5 Å². The highest BCUT2D eigenvalue weighted by Crippen LogP contribution is 2.43. The summed E-state index contributed by atoms with van der Waals surface area (Å²) < 4.78 is 39.3. The summed E-state index contributed by atoms with van der Waals surface area (Å²) in [4.78, 5) is 13.7. The molecule has 1 saturated heterocycles. The fourth-order valence-corrected chi connectivity index (χ4v) is 4.77. The van der Waals surface area contributed by atoms with E-state index in [0.717, 1.165) is 43.5 Å². The van der Waals surface area contributed by atoms with Crippen molar-refractivity contribution in [1.29, 1.82) is 0 Å². The number of aliphatic carboxylic acids is 1. The van der Waals surface area contributed by atoms with Crippen LogP contribution < -0.4 is 0 Å². The van der Waals surface area contributed by atoms with Gasteiger partial charge in [-0.1, -0.05) is 56.3 Å². The number of hydrogen-bond donors (Lipinski definition) is 1. The molecule has 2 aromatic rings. The smallest absolute Gasteiger partial charge is 0.416 e. The lowest BCUT2D eigenvalue weighted by atomic mass is 9.82. The van der Waals surface area contributed by atoms with Crippen molar-refractivity contribution in [3.8, 4) is 0 Å². The first-order chi connectivity index (χ1) is 15.1. The maximum absolute atomic E-state index is 13.1. The average molecular weight is 448 g/mol. The third-order valence-corrected chi connectivity index (χ3v) is 6.44. The summed E-state index contributed by atoms with van der Waals surface area (Å²) >= 11 is 0. The van der Waals surface area contributed by atoms with Crippen molar-refractivity contribution < 1.29 is 23.1 Å². The third kappa shape index (κ3) is 6.35. The molecule has 2 aromatic carbocycles. The van der Waals surface area contributed by atoms with Gasteiger partial charge in [0.2, 0.25) is 0 Å². The molecule has 32 heavy (non-hydrogen) atoms. The molecule has 0 saturated carbocycles. The van der Waals surface area contributed by atoms with Crippen molar-refractivity contribution in [3.63, 3.8) is 0 Å². The number of nitrogens with zero attached hydrogens (tertiary/aromatic N) is 1. The Morgan fingerprint density at radius 2 is 1.72 bits per heavy atom. The fourth-order valence-electron chi connectivity index (χ4n) is 4.77. The zero-order valence-electron chi connectivity index (χ0n) is 18.7. The highest BCUT2D eigenvalue weighted by atomic mass is 19.4. The molecule has 0 bridgehead atoms. The Balaban J connectivity index is 1.95. The van der Waals surface area contributed by atoms with Crippen molar-refractivity contribution in [2.45, 2.75) is 64.2 Å². The van der Waals surface area contributed by atoms with E-state index in [-0.39, 0.29) is 24.4 Å². The lowest BCUT2D eigenvalue weighted by Gasteiger charge is -2.44. The standard InChI is InChI=1S/C26H32F3NO2/c1-18(2)8-13-23(20-6-4-3-5-7-20)30-15-14-19(17-25(31)32)16-24(30)21-9-11-22(12-10-21)26(27,28)29/h3-7,9-12,18-19,23-24H,8,13-17H2,1-2H3,(H,31,32). The molecule has 1 heterocycles. The van der Waals surface area contributed by atoms with Gasteiger partial charge >= 0.3 is 12.1 Å². The van der Waals surface area contributed by atoms with Crippen LogP contribution in [0.25, 0.3) is 0 Å². The molecule has 6 heteroatoms. The molecule has 3 atom stereocenters. The van der Waals surface area contributed by atoms with E-state index >= 15 is 0 Å². The van der Waals surface area contributed by atoms with Gasteiger partial charge in [0.05, 0.1) is 5.56 Å². The number of rotatable bonds is 8. The Labute approximate surface area is 188 Å². The van der Waals surface area contributed by atoms with Crippen LogP contribution in [0.4, 0.5) is 13.2 Å². The Morgan fingerprint density at radius 3 is 2.28 bits per heavy atom. The van der Waals surface area contributed by atoms with Gasteiger partial charge < -0.3 is 5.11 Å². The number of likely N-dealkylation sites (tertiary alicyclic amines) is 1. The number of carboxylic acids is 1. The number of alkyl halides is 3. The van der Waals surface area contributed by atoms with Crippen molar-refractivity contribution >= 4 is 5.97 Å². The number of halogens is 3. The predicted octanol–water partition coefficient (Wildman–Crippen LogP) is 7.11. The number of hydrogen-bond acceptors (Lipinski definition) is 2. The monoisotopic (exact) mass is 447 g/mol. The largest absolute Gasteiger partial charge is 0.481 e. The molecule has 3 rings (SSSR count). The Bertz CT molecular complexity index is 865. The third-order valence-electron chi connectivity index (χ3n) is 6.44. The van der Waals surface area contributed by atoms with Crippen LogP contribution in [0.1, 0.15) is 74.7 Å². The van der Waals surface area contributed by atoms with Crippen LogP contribution in [0.5, 0.6) is 0 Å². The maximum atomic E-state index is 13.1. The van der Waals surface area contributed by atoms with E-state index in [1.807, 2.05) is 18.2 Å². The molecule has 1 aliphatic heterocycles. The molecule has 3 unspecified atom stereocenters. The average Bonchev–Trinajstić information content (AvgIpc) is 2.74. The summed E-state index contributed by atoms with van der Waals surface area (Å²) in [6, 6.07) is 15.7. The van der Waals surface area contributed by atoms with Gasteiger partial charge in [-0.2, -0.15) is 13.2 Å². The van der Waals surface area contributed by atoms with Crippen LogP contribution in [0.3, 0.4) is 0 Å². The normalized spacial score (nSPS) is 20.9. The lowest BCUT2D eigenvalue weighted by molar-refractivity contribution is -0.139. The fraction of sp³-hybridized carbons (Fsp3) is 0.500. The minimum atomic E-state index is -4.37. The first kappa shape index (κ1) is 24.3. The summed E-state index contributed by atoms with van der Waals surface area (Å²) in [5.74, 6) is -0.276. The molecular formula is C26H32F3NO2. The van der Waals surface area contributed by atoms with Gasteiger partial charge in [0, 0.05) is 18.5 Å². The summed E-state index contributed by atoms with van der Waals surface area (Å²) in [5, 5.41) is 9.31. The van der Waals surface area contributed by atoms with Crippen LogP contribution in [0.2, 0.25) is 0 Å². The van der Waals surface area contributed by atoms with E-state index in [1.165, 1.54) is 5.56 Å². The minimum Gasteiger partial charge on any atom is -0.481 e. The van der Waals surface area contributed by atoms with Crippen molar-refractivity contribution in [2.24, 2.45) is 11.8 Å². The number of piperidine rings is 1. The number of carboxylic acid groups (broad SMARTS) is 1. The molecule has 0 aromatic heterocycles. The molecular weight excluding hydrogens is 415 g/mol. The van der Waals surface area contributed by atoms with Gasteiger partial charge in [-0.25, -0.2) is 0 Å². The number of benzene rings is 2. The van der Waals surface area contributed by atoms with E-state index < -0.39 is 17.7 Å². The first-order valence-electron chi connectivity index (χ1n) is 11.3. The Kier molecular flexibility index (Phi) is 7.99. The van der Waals surface area contributed by atoms with E-state index in [4.69, 9.17) is 0 Å². The number of carbonyl (C=O) groups is 1. The highest BCUT2D eigenvalue weighted by Gasteiger charge is 2.36. The van der Waals surface area contributed by atoms with Crippen LogP contribution in [-0.2, 0) is 11.0 Å². The van der Waals surface area contributed by atoms with Crippen molar-refractivity contribution in [1.82, 2.24) is 4.90 Å². The van der Waals surface area contributed by atoms with Gasteiger partial charge in [-0.05, 0) is 67.3 Å². The molecule has 0 spiro atoms. The van der Waals surface area contributed by atoms with Gasteiger partial charge in [0.1, 0.15) is 0 Å². The van der Waals surface area contributed by atoms with E-state index in [0.29, 0.717) is 12.3 Å². The van der Waals surface area contributed by atoms with Gasteiger partial charge in [0.15, 0.2) is 0 Å². The van der Waals surface area contributed by atoms with Crippen LogP contribution >= 0.6 is 0 Å². The summed E-state index contributed by atoms with van der Waals surface area (Å²) in [7, 11) is 0. The Hall–Kier alpha value is -2.34. The zero-order chi connectivity index (χ0) is 23.3. The molecule has 3 nitrogen and oxygen atoms in total. The zero-order valence-corrected chi connectivity index (χ0v) is 18.7. The minimum absolute atomic E-state index is 0.0116. The molecule has 0 aliphatic carbocycles. The molecule has 0 amide bonds. The van der Waals surface area contributed by atoms with E-state index in [9.17, 15) is 23.1 Å². The molecule has 0 radical (unpaired) electrons. The van der Waals surface area contributed by atoms with Crippen LogP contribution in [0.15, 0.2) is 54.6 Å². The van der Waals surface area contributed by atoms with Crippen LogP contribution in [-0.4, -0.2) is 22.5 Å². The maximum Gasteiger partial charge on any atom is 0.416 e. The second kappa shape index (κ2) is 10.5. The summed E-state index contributed by atoms with van der Waals surface area (Å²) in [6.45, 7) is 5.10. The van der Waals surface area contributed by atoms with E-state index in [2.05, 4.69) is 30.9 Å². The predicted molar refractivity (Wildman–Crippen MR) is 119 cm³/mol. The molecule has 1 fully saturated rings. The van der Waals surface area contributed by atoms with Gasteiger partial charge in [-0.3, -0.25) is 9.69 Å². The van der Waals surface area contributed by atoms with Crippen LogP contribution in [0, 0.1) is 11.8 Å². The molecule has 174 valence electrons.